The number of para-hydroxylation sites is 1. The van der Waals surface area contributed by atoms with Gasteiger partial charge in [-0.1, -0.05) is 67.1 Å². The van der Waals surface area contributed by atoms with E-state index in [9.17, 15) is 18.0 Å². The lowest BCUT2D eigenvalue weighted by atomic mass is 10.1. The molecular formula is C31H38ClN3O4S. The zero-order valence-corrected chi connectivity index (χ0v) is 25.3. The molecule has 214 valence electrons. The van der Waals surface area contributed by atoms with Crippen LogP contribution >= 0.6 is 11.6 Å². The third-order valence-corrected chi connectivity index (χ3v) is 8.46. The van der Waals surface area contributed by atoms with Crippen LogP contribution in [0.15, 0.2) is 83.8 Å². The van der Waals surface area contributed by atoms with Gasteiger partial charge >= 0.3 is 0 Å². The lowest BCUT2D eigenvalue weighted by Gasteiger charge is -2.35. The fourth-order valence-corrected chi connectivity index (χ4v) is 6.04. The summed E-state index contributed by atoms with van der Waals surface area (Å²) in [5, 5.41) is 3.38. The zero-order valence-electron chi connectivity index (χ0n) is 23.7. The van der Waals surface area contributed by atoms with Crippen LogP contribution in [0.5, 0.6) is 0 Å². The van der Waals surface area contributed by atoms with Crippen LogP contribution in [0, 0.1) is 6.92 Å². The molecular weight excluding hydrogens is 546 g/mol. The highest BCUT2D eigenvalue weighted by atomic mass is 35.5. The van der Waals surface area contributed by atoms with Crippen molar-refractivity contribution in [3.63, 3.8) is 0 Å². The van der Waals surface area contributed by atoms with Crippen LogP contribution in [-0.4, -0.2) is 49.8 Å². The summed E-state index contributed by atoms with van der Waals surface area (Å²) in [5.74, 6) is -0.743. The summed E-state index contributed by atoms with van der Waals surface area (Å²) in [6, 6.07) is 21.8. The molecule has 9 heteroatoms. The van der Waals surface area contributed by atoms with E-state index in [4.69, 9.17) is 11.6 Å². The summed E-state index contributed by atoms with van der Waals surface area (Å²) < 4.78 is 29.0. The molecule has 0 saturated heterocycles. The Morgan fingerprint density at radius 3 is 2.10 bits per heavy atom. The number of aryl methyl sites for hydroxylation is 1. The number of halogens is 1. The minimum Gasteiger partial charge on any atom is -0.350 e. The quantitative estimate of drug-likeness (QED) is 0.318. The van der Waals surface area contributed by atoms with E-state index in [1.807, 2.05) is 64.1 Å². The minimum atomic E-state index is -4.14. The van der Waals surface area contributed by atoms with Gasteiger partial charge in [-0.3, -0.25) is 13.9 Å². The summed E-state index contributed by atoms with van der Waals surface area (Å²) in [6.07, 6.45) is 0.886. The molecule has 0 bridgehead atoms. The number of nitrogens with one attached hydrogen (secondary N) is 1. The van der Waals surface area contributed by atoms with Crippen LogP contribution in [-0.2, 0) is 26.0 Å². The molecule has 0 aromatic heterocycles. The molecule has 0 aliphatic heterocycles. The second-order valence-corrected chi connectivity index (χ2v) is 13.0. The largest absolute Gasteiger partial charge is 0.350 e. The fourth-order valence-electron chi connectivity index (χ4n) is 4.44. The molecule has 1 atom stereocenters. The van der Waals surface area contributed by atoms with Gasteiger partial charge in [0.25, 0.3) is 10.0 Å². The van der Waals surface area contributed by atoms with Gasteiger partial charge in [-0.2, -0.15) is 0 Å². The number of hydrogen-bond donors (Lipinski definition) is 1. The standard InChI is InChI=1S/C31H38ClN3O4S/c1-6-27(30(37)33-31(3,4)5)34(21-20-24-13-8-7-9-14-24)29(36)22-35(28-15-11-10-12-23(28)2)40(38,39)26-18-16-25(32)17-19-26/h7-19,27H,6,20-22H2,1-5H3,(H,33,37)/t27-/m0/s1. The molecule has 0 saturated carbocycles. The van der Waals surface area contributed by atoms with Gasteiger partial charge in [0.2, 0.25) is 11.8 Å². The predicted octanol–water partition coefficient (Wildman–Crippen LogP) is 5.61. The van der Waals surface area contributed by atoms with Crippen LogP contribution in [0.4, 0.5) is 5.69 Å². The maximum absolute atomic E-state index is 14.1. The Kier molecular flexibility index (Phi) is 10.4. The van der Waals surface area contributed by atoms with Gasteiger partial charge in [-0.05, 0) is 82.0 Å². The van der Waals surface area contributed by atoms with E-state index in [2.05, 4.69) is 5.32 Å². The van der Waals surface area contributed by atoms with Crippen molar-refractivity contribution in [2.24, 2.45) is 0 Å². The second-order valence-electron chi connectivity index (χ2n) is 10.7. The van der Waals surface area contributed by atoms with Crippen LogP contribution in [0.3, 0.4) is 0 Å². The summed E-state index contributed by atoms with van der Waals surface area (Å²) in [7, 11) is -4.14. The number of benzene rings is 3. The maximum atomic E-state index is 14.1. The number of carbonyl (C=O) groups is 2. The zero-order chi connectivity index (χ0) is 29.5. The monoisotopic (exact) mass is 583 g/mol. The molecule has 0 unspecified atom stereocenters. The van der Waals surface area contributed by atoms with Crippen LogP contribution in [0.25, 0.3) is 0 Å². The highest BCUT2D eigenvalue weighted by Crippen LogP contribution is 2.28. The Morgan fingerprint density at radius 1 is 0.925 bits per heavy atom. The van der Waals surface area contributed by atoms with Crippen molar-refractivity contribution in [3.8, 4) is 0 Å². The molecule has 3 rings (SSSR count). The van der Waals surface area contributed by atoms with E-state index in [1.54, 1.807) is 25.1 Å². The molecule has 2 amide bonds. The lowest BCUT2D eigenvalue weighted by Crippen LogP contribution is -2.56. The first-order valence-corrected chi connectivity index (χ1v) is 15.1. The molecule has 0 aliphatic rings. The summed E-state index contributed by atoms with van der Waals surface area (Å²) >= 11 is 6.01. The fraction of sp³-hybridized carbons (Fsp3) is 0.355. The van der Waals surface area contributed by atoms with Gasteiger partial charge in [0, 0.05) is 17.1 Å². The van der Waals surface area contributed by atoms with Crippen molar-refractivity contribution in [1.29, 1.82) is 0 Å². The average molecular weight is 584 g/mol. The van der Waals surface area contributed by atoms with Gasteiger partial charge in [-0.15, -0.1) is 0 Å². The van der Waals surface area contributed by atoms with Gasteiger partial charge < -0.3 is 10.2 Å². The van der Waals surface area contributed by atoms with E-state index in [1.165, 1.54) is 29.2 Å². The first-order valence-electron chi connectivity index (χ1n) is 13.3. The predicted molar refractivity (Wildman–Crippen MR) is 161 cm³/mol. The number of nitrogens with zero attached hydrogens (tertiary/aromatic N) is 2. The normalized spacial score (nSPS) is 12.4. The molecule has 0 fully saturated rings. The topological polar surface area (TPSA) is 86.8 Å². The molecule has 0 heterocycles. The van der Waals surface area contributed by atoms with Gasteiger partial charge in [0.05, 0.1) is 10.6 Å². The third kappa shape index (κ3) is 8.08. The van der Waals surface area contributed by atoms with E-state index < -0.39 is 34.1 Å². The Labute approximate surface area is 243 Å². The van der Waals surface area contributed by atoms with Crippen molar-refractivity contribution < 1.29 is 18.0 Å². The Hall–Kier alpha value is -3.36. The maximum Gasteiger partial charge on any atom is 0.264 e. The molecule has 1 N–H and O–H groups in total. The number of hydrogen-bond acceptors (Lipinski definition) is 4. The van der Waals surface area contributed by atoms with Gasteiger partial charge in [0.1, 0.15) is 12.6 Å². The molecule has 0 aliphatic carbocycles. The van der Waals surface area contributed by atoms with Crippen molar-refractivity contribution >= 4 is 39.1 Å². The van der Waals surface area contributed by atoms with E-state index >= 15 is 0 Å². The Morgan fingerprint density at radius 2 is 1.52 bits per heavy atom. The first-order chi connectivity index (χ1) is 18.8. The Bertz CT molecular complexity index is 1400. The van der Waals surface area contributed by atoms with Gasteiger partial charge in [-0.25, -0.2) is 8.42 Å². The number of amides is 2. The smallest absolute Gasteiger partial charge is 0.264 e. The minimum absolute atomic E-state index is 0.0151. The summed E-state index contributed by atoms with van der Waals surface area (Å²) in [4.78, 5) is 29.0. The lowest BCUT2D eigenvalue weighted by molar-refractivity contribution is -0.140. The van der Waals surface area contributed by atoms with Crippen LogP contribution in [0.1, 0.15) is 45.2 Å². The van der Waals surface area contributed by atoms with E-state index in [-0.39, 0.29) is 17.3 Å². The SMILES string of the molecule is CC[C@@H](C(=O)NC(C)(C)C)N(CCc1ccccc1)C(=O)CN(c1ccccc1C)S(=O)(=O)c1ccc(Cl)cc1. The highest BCUT2D eigenvalue weighted by Gasteiger charge is 2.34. The average Bonchev–Trinajstić information content (AvgIpc) is 2.89. The molecule has 40 heavy (non-hydrogen) atoms. The molecule has 3 aromatic rings. The Balaban J connectivity index is 2.03. The molecule has 3 aromatic carbocycles. The number of carbonyl (C=O) groups excluding carboxylic acids is 2. The van der Waals surface area contributed by atoms with Crippen molar-refractivity contribution in [2.75, 3.05) is 17.4 Å². The number of rotatable bonds is 11. The third-order valence-electron chi connectivity index (χ3n) is 6.43. The molecule has 0 radical (unpaired) electrons. The second kappa shape index (κ2) is 13.3. The summed E-state index contributed by atoms with van der Waals surface area (Å²) in [6.45, 7) is 9.07. The summed E-state index contributed by atoms with van der Waals surface area (Å²) in [5.41, 5.74) is 1.60. The van der Waals surface area contributed by atoms with Crippen LogP contribution in [0.2, 0.25) is 5.02 Å². The highest BCUT2D eigenvalue weighted by molar-refractivity contribution is 7.92. The molecule has 7 nitrogen and oxygen atoms in total. The number of anilines is 1. The van der Waals surface area contributed by atoms with E-state index in [0.717, 1.165) is 9.87 Å². The van der Waals surface area contributed by atoms with Crippen molar-refractivity contribution in [2.45, 2.75) is 63.9 Å². The van der Waals surface area contributed by atoms with Crippen molar-refractivity contribution in [1.82, 2.24) is 10.2 Å². The van der Waals surface area contributed by atoms with Crippen LogP contribution < -0.4 is 9.62 Å². The van der Waals surface area contributed by atoms with Gasteiger partial charge in [0.15, 0.2) is 0 Å². The number of sulfonamides is 1. The van der Waals surface area contributed by atoms with Crippen molar-refractivity contribution in [3.05, 3.63) is 95.0 Å². The molecule has 0 spiro atoms. The van der Waals surface area contributed by atoms with E-state index in [0.29, 0.717) is 29.1 Å². The first kappa shape index (κ1) is 31.2.